The Bertz CT molecular complexity index is 387. The van der Waals surface area contributed by atoms with Gasteiger partial charge in [0.25, 0.3) is 0 Å². The second-order valence-electron chi connectivity index (χ2n) is 5.35. The van der Waals surface area contributed by atoms with Crippen LogP contribution in [0.5, 0.6) is 0 Å². The average Bonchev–Trinajstić information content (AvgIpc) is 3.19. The number of nitrogens with one attached hydrogen (secondary N) is 1. The van der Waals surface area contributed by atoms with Crippen molar-refractivity contribution in [2.45, 2.75) is 38.1 Å². The molecule has 0 spiro atoms. The maximum atomic E-state index is 11.5. The Balaban J connectivity index is 1.88. The molecular formula is C15H22N2O. The van der Waals surface area contributed by atoms with Crippen LogP contribution in [-0.4, -0.2) is 18.5 Å². The molecule has 0 radical (unpaired) electrons. The van der Waals surface area contributed by atoms with Crippen LogP contribution in [0.3, 0.4) is 0 Å². The summed E-state index contributed by atoms with van der Waals surface area (Å²) in [5, 5.41) is 3.31. The minimum Gasteiger partial charge on any atom is -0.368 e. The summed E-state index contributed by atoms with van der Waals surface area (Å²) in [5.41, 5.74) is 6.73. The Morgan fingerprint density at radius 1 is 1.39 bits per heavy atom. The molecule has 3 heteroatoms. The molecule has 2 rings (SSSR count). The Labute approximate surface area is 109 Å². The molecule has 3 nitrogen and oxygen atoms in total. The second kappa shape index (κ2) is 6.01. The van der Waals surface area contributed by atoms with Crippen molar-refractivity contribution in [1.29, 1.82) is 0 Å². The summed E-state index contributed by atoms with van der Waals surface area (Å²) in [6.45, 7) is 3.07. The number of primary amides is 1. The molecule has 1 fully saturated rings. The molecule has 0 aliphatic heterocycles. The van der Waals surface area contributed by atoms with Crippen LogP contribution in [0.15, 0.2) is 30.3 Å². The smallest absolute Gasteiger partial charge is 0.234 e. The van der Waals surface area contributed by atoms with Gasteiger partial charge in [-0.3, -0.25) is 4.79 Å². The second-order valence-corrected chi connectivity index (χ2v) is 5.35. The molecule has 1 amide bonds. The van der Waals surface area contributed by atoms with Crippen LogP contribution in [0.1, 0.15) is 37.7 Å². The highest BCUT2D eigenvalue weighted by atomic mass is 16.1. The van der Waals surface area contributed by atoms with Gasteiger partial charge in [-0.2, -0.15) is 0 Å². The van der Waals surface area contributed by atoms with Crippen molar-refractivity contribution in [3.8, 4) is 0 Å². The van der Waals surface area contributed by atoms with E-state index in [1.807, 2.05) is 18.2 Å². The van der Waals surface area contributed by atoms with Crippen LogP contribution >= 0.6 is 0 Å². The van der Waals surface area contributed by atoms with Gasteiger partial charge in [0.1, 0.15) is 0 Å². The van der Waals surface area contributed by atoms with Gasteiger partial charge < -0.3 is 11.1 Å². The Hall–Kier alpha value is -1.35. The summed E-state index contributed by atoms with van der Waals surface area (Å²) in [7, 11) is 0. The summed E-state index contributed by atoms with van der Waals surface area (Å²) in [4.78, 5) is 11.5. The Morgan fingerprint density at radius 2 is 2.06 bits per heavy atom. The molecule has 2 atom stereocenters. The largest absolute Gasteiger partial charge is 0.368 e. The van der Waals surface area contributed by atoms with Crippen LogP contribution in [0.2, 0.25) is 0 Å². The number of carbonyl (C=O) groups is 1. The van der Waals surface area contributed by atoms with E-state index in [9.17, 15) is 4.79 Å². The summed E-state index contributed by atoms with van der Waals surface area (Å²) in [6.07, 6.45) is 3.34. The lowest BCUT2D eigenvalue weighted by Crippen LogP contribution is -2.42. The third kappa shape index (κ3) is 3.84. The fourth-order valence-electron chi connectivity index (χ4n) is 2.20. The first-order valence-electron chi connectivity index (χ1n) is 6.74. The van der Waals surface area contributed by atoms with E-state index in [-0.39, 0.29) is 11.9 Å². The van der Waals surface area contributed by atoms with Gasteiger partial charge in [0, 0.05) is 0 Å². The normalized spacial score (nSPS) is 18.3. The average molecular weight is 246 g/mol. The molecule has 1 aliphatic rings. The monoisotopic (exact) mass is 246 g/mol. The molecule has 98 valence electrons. The SMILES string of the molecule is CC(CC(NCC1CC1)C(N)=O)c1ccccc1. The van der Waals surface area contributed by atoms with Gasteiger partial charge in [-0.15, -0.1) is 0 Å². The van der Waals surface area contributed by atoms with E-state index in [0.29, 0.717) is 5.92 Å². The number of amides is 1. The van der Waals surface area contributed by atoms with Crippen LogP contribution < -0.4 is 11.1 Å². The van der Waals surface area contributed by atoms with Crippen molar-refractivity contribution in [3.05, 3.63) is 35.9 Å². The van der Waals surface area contributed by atoms with Gasteiger partial charge in [0.2, 0.25) is 5.91 Å². The molecule has 18 heavy (non-hydrogen) atoms. The minimum atomic E-state index is -0.238. The number of hydrogen-bond donors (Lipinski definition) is 2. The van der Waals surface area contributed by atoms with Crippen LogP contribution in [0.4, 0.5) is 0 Å². The van der Waals surface area contributed by atoms with Gasteiger partial charge in [-0.25, -0.2) is 0 Å². The summed E-state index contributed by atoms with van der Waals surface area (Å²) < 4.78 is 0. The summed E-state index contributed by atoms with van der Waals surface area (Å²) >= 11 is 0. The van der Waals surface area contributed by atoms with Crippen LogP contribution in [0.25, 0.3) is 0 Å². The van der Waals surface area contributed by atoms with Gasteiger partial charge in [-0.05, 0) is 43.2 Å². The molecule has 1 aromatic carbocycles. The van der Waals surface area contributed by atoms with Gasteiger partial charge in [-0.1, -0.05) is 37.3 Å². The molecule has 1 aromatic rings. The van der Waals surface area contributed by atoms with E-state index in [4.69, 9.17) is 5.73 Å². The van der Waals surface area contributed by atoms with E-state index in [0.717, 1.165) is 18.9 Å². The molecule has 1 saturated carbocycles. The van der Waals surface area contributed by atoms with Crippen LogP contribution in [0, 0.1) is 5.92 Å². The zero-order valence-corrected chi connectivity index (χ0v) is 10.9. The highest BCUT2D eigenvalue weighted by Gasteiger charge is 2.25. The fraction of sp³-hybridized carbons (Fsp3) is 0.533. The molecule has 1 aliphatic carbocycles. The molecule has 0 heterocycles. The molecule has 0 aromatic heterocycles. The van der Waals surface area contributed by atoms with Gasteiger partial charge >= 0.3 is 0 Å². The van der Waals surface area contributed by atoms with Crippen LogP contribution in [-0.2, 0) is 4.79 Å². The fourth-order valence-corrected chi connectivity index (χ4v) is 2.20. The van der Waals surface area contributed by atoms with E-state index in [2.05, 4.69) is 24.4 Å². The van der Waals surface area contributed by atoms with Crippen molar-refractivity contribution in [1.82, 2.24) is 5.32 Å². The third-order valence-electron chi connectivity index (χ3n) is 3.65. The number of nitrogens with two attached hydrogens (primary N) is 1. The highest BCUT2D eigenvalue weighted by Crippen LogP contribution is 2.28. The van der Waals surface area contributed by atoms with Crippen molar-refractivity contribution < 1.29 is 4.79 Å². The van der Waals surface area contributed by atoms with E-state index in [1.165, 1.54) is 18.4 Å². The summed E-state index contributed by atoms with van der Waals surface area (Å²) in [5.74, 6) is 0.868. The first kappa shape index (κ1) is 13.1. The quantitative estimate of drug-likeness (QED) is 0.773. The molecule has 3 N–H and O–H groups in total. The zero-order valence-electron chi connectivity index (χ0n) is 10.9. The van der Waals surface area contributed by atoms with Crippen molar-refractivity contribution in [3.63, 3.8) is 0 Å². The molecule has 0 saturated heterocycles. The number of rotatable bonds is 7. The number of benzene rings is 1. The first-order valence-corrected chi connectivity index (χ1v) is 6.74. The Kier molecular flexibility index (Phi) is 4.37. The predicted octanol–water partition coefficient (Wildman–Crippen LogP) is 2.03. The third-order valence-corrected chi connectivity index (χ3v) is 3.65. The zero-order chi connectivity index (χ0) is 13.0. The standard InChI is InChI=1S/C15H22N2O/c1-11(13-5-3-2-4-6-13)9-14(15(16)18)17-10-12-7-8-12/h2-6,11-12,14,17H,7-10H2,1H3,(H2,16,18). The molecule has 0 bridgehead atoms. The minimum absolute atomic E-state index is 0.208. The van der Waals surface area contributed by atoms with Gasteiger partial charge in [0.05, 0.1) is 6.04 Å². The topological polar surface area (TPSA) is 55.1 Å². The van der Waals surface area contributed by atoms with E-state index in [1.54, 1.807) is 0 Å². The van der Waals surface area contributed by atoms with Crippen molar-refractivity contribution in [2.75, 3.05) is 6.54 Å². The lowest BCUT2D eigenvalue weighted by atomic mass is 9.93. The highest BCUT2D eigenvalue weighted by molar-refractivity contribution is 5.79. The number of carbonyl (C=O) groups excluding carboxylic acids is 1. The molecular weight excluding hydrogens is 224 g/mol. The predicted molar refractivity (Wildman–Crippen MR) is 73.2 cm³/mol. The van der Waals surface area contributed by atoms with Gasteiger partial charge in [0.15, 0.2) is 0 Å². The summed E-state index contributed by atoms with van der Waals surface area (Å²) in [6, 6.07) is 10.1. The maximum absolute atomic E-state index is 11.5. The lowest BCUT2D eigenvalue weighted by Gasteiger charge is -2.20. The lowest BCUT2D eigenvalue weighted by molar-refractivity contribution is -0.120. The maximum Gasteiger partial charge on any atom is 0.234 e. The Morgan fingerprint density at radius 3 is 2.61 bits per heavy atom. The van der Waals surface area contributed by atoms with E-state index < -0.39 is 0 Å². The number of hydrogen-bond acceptors (Lipinski definition) is 2. The van der Waals surface area contributed by atoms with Crippen molar-refractivity contribution in [2.24, 2.45) is 11.7 Å². The van der Waals surface area contributed by atoms with Crippen molar-refractivity contribution >= 4 is 5.91 Å². The first-order chi connectivity index (χ1) is 8.66. The molecule has 2 unspecified atom stereocenters. The van der Waals surface area contributed by atoms with E-state index >= 15 is 0 Å².